The molecule has 0 aliphatic heterocycles. The number of nitrogens with two attached hydrogens (primary N) is 1. The van der Waals surface area contributed by atoms with E-state index in [-0.39, 0.29) is 0 Å². The first-order chi connectivity index (χ1) is 6.35. The zero-order chi connectivity index (χ0) is 11.2. The molecule has 0 saturated carbocycles. The van der Waals surface area contributed by atoms with Gasteiger partial charge in [0.2, 0.25) is 0 Å². The average Bonchev–Trinajstić information content (AvgIpc) is 1.98. The minimum absolute atomic E-state index is 0.391. The number of rotatable bonds is 6. The van der Waals surface area contributed by atoms with Crippen LogP contribution >= 0.6 is 0 Å². The predicted octanol–water partition coefficient (Wildman–Crippen LogP) is 2.48. The van der Waals surface area contributed by atoms with Crippen molar-refractivity contribution in [3.8, 4) is 0 Å². The summed E-state index contributed by atoms with van der Waals surface area (Å²) in [6.07, 6.45) is 3.48. The van der Waals surface area contributed by atoms with Crippen molar-refractivity contribution in [1.82, 2.24) is 4.90 Å². The molecule has 1 atom stereocenters. The molecule has 0 radical (unpaired) electrons. The number of nitrogens with zero attached hydrogens (tertiary/aromatic N) is 1. The molecule has 0 heterocycles. The molecule has 0 spiro atoms. The Balaban J connectivity index is 3.58. The smallest absolute Gasteiger partial charge is 0.00509 e. The molecule has 14 heavy (non-hydrogen) atoms. The maximum Gasteiger partial charge on any atom is 0.00509 e. The van der Waals surface area contributed by atoms with Crippen molar-refractivity contribution in [2.45, 2.75) is 53.0 Å². The van der Waals surface area contributed by atoms with E-state index in [1.54, 1.807) is 0 Å². The zero-order valence-corrected chi connectivity index (χ0v) is 10.6. The van der Waals surface area contributed by atoms with Crippen LogP contribution in [0.5, 0.6) is 0 Å². The molecule has 0 aromatic carbocycles. The Morgan fingerprint density at radius 3 is 2.21 bits per heavy atom. The van der Waals surface area contributed by atoms with Crippen LogP contribution < -0.4 is 5.73 Å². The molecule has 0 amide bonds. The second kappa shape index (κ2) is 6.41. The molecule has 0 aromatic rings. The van der Waals surface area contributed by atoms with Crippen molar-refractivity contribution in [3.63, 3.8) is 0 Å². The molecular formula is C12H28N2. The van der Waals surface area contributed by atoms with Crippen molar-refractivity contribution in [3.05, 3.63) is 0 Å². The van der Waals surface area contributed by atoms with Gasteiger partial charge in [0.25, 0.3) is 0 Å². The third kappa shape index (κ3) is 8.52. The summed E-state index contributed by atoms with van der Waals surface area (Å²) in [4.78, 5) is 2.38. The van der Waals surface area contributed by atoms with Gasteiger partial charge in [0.05, 0.1) is 0 Å². The lowest BCUT2D eigenvalue weighted by atomic mass is 9.96. The van der Waals surface area contributed by atoms with E-state index in [0.717, 1.165) is 25.9 Å². The maximum atomic E-state index is 5.97. The summed E-state index contributed by atoms with van der Waals surface area (Å²) < 4.78 is 0. The zero-order valence-electron chi connectivity index (χ0n) is 10.6. The van der Waals surface area contributed by atoms with Gasteiger partial charge < -0.3 is 10.6 Å². The highest BCUT2D eigenvalue weighted by molar-refractivity contribution is 4.69. The van der Waals surface area contributed by atoms with Crippen LogP contribution in [0.25, 0.3) is 0 Å². The van der Waals surface area contributed by atoms with E-state index >= 15 is 0 Å². The summed E-state index contributed by atoms with van der Waals surface area (Å²) >= 11 is 0. The Bertz CT molecular complexity index is 138. The van der Waals surface area contributed by atoms with Crippen molar-refractivity contribution in [1.29, 1.82) is 0 Å². The summed E-state index contributed by atoms with van der Waals surface area (Å²) in [6.45, 7) is 11.3. The third-order valence-corrected chi connectivity index (χ3v) is 2.29. The van der Waals surface area contributed by atoms with Gasteiger partial charge in [-0.15, -0.1) is 0 Å². The molecule has 86 valence electrons. The highest BCUT2D eigenvalue weighted by Crippen LogP contribution is 2.14. The van der Waals surface area contributed by atoms with Crippen LogP contribution in [0.2, 0.25) is 0 Å². The van der Waals surface area contributed by atoms with Gasteiger partial charge >= 0.3 is 0 Å². The van der Waals surface area contributed by atoms with Gasteiger partial charge in [-0.05, 0) is 31.8 Å². The van der Waals surface area contributed by atoms with Crippen molar-refractivity contribution >= 4 is 0 Å². The second-order valence-electron chi connectivity index (χ2n) is 5.64. The van der Waals surface area contributed by atoms with Gasteiger partial charge in [0, 0.05) is 12.6 Å². The van der Waals surface area contributed by atoms with Gasteiger partial charge in [-0.1, -0.05) is 34.1 Å². The van der Waals surface area contributed by atoms with Crippen LogP contribution in [0.3, 0.4) is 0 Å². The summed E-state index contributed by atoms with van der Waals surface area (Å²) in [5.41, 5.74) is 6.36. The van der Waals surface area contributed by atoms with Gasteiger partial charge in [0.15, 0.2) is 0 Å². The molecule has 0 aromatic heterocycles. The Labute approximate surface area is 89.9 Å². The minimum atomic E-state index is 0.391. The highest BCUT2D eigenvalue weighted by atomic mass is 15.1. The summed E-state index contributed by atoms with van der Waals surface area (Å²) in [7, 11) is 2.18. The minimum Gasteiger partial charge on any atom is -0.328 e. The molecule has 0 bridgehead atoms. The fourth-order valence-corrected chi connectivity index (χ4v) is 1.79. The first-order valence-corrected chi connectivity index (χ1v) is 5.79. The standard InChI is InChI=1S/C12H28N2/c1-6-7-11(13)8-9-14(5)10-12(2,3)4/h11H,6-10,13H2,1-5H3. The second-order valence-corrected chi connectivity index (χ2v) is 5.64. The SMILES string of the molecule is CCCC(N)CCN(C)CC(C)(C)C. The molecule has 0 rings (SSSR count). The van der Waals surface area contributed by atoms with Gasteiger partial charge in [-0.3, -0.25) is 0 Å². The summed E-state index contributed by atoms with van der Waals surface area (Å²) in [5, 5.41) is 0. The molecule has 0 fully saturated rings. The Kier molecular flexibility index (Phi) is 6.38. The molecule has 2 nitrogen and oxygen atoms in total. The number of hydrogen-bond acceptors (Lipinski definition) is 2. The van der Waals surface area contributed by atoms with Crippen molar-refractivity contribution in [2.24, 2.45) is 11.1 Å². The van der Waals surface area contributed by atoms with Gasteiger partial charge in [-0.2, -0.15) is 0 Å². The first-order valence-electron chi connectivity index (χ1n) is 5.79. The topological polar surface area (TPSA) is 29.3 Å². The Morgan fingerprint density at radius 2 is 1.79 bits per heavy atom. The van der Waals surface area contributed by atoms with E-state index in [0.29, 0.717) is 11.5 Å². The van der Waals surface area contributed by atoms with Crippen LogP contribution in [-0.4, -0.2) is 31.1 Å². The molecule has 0 aliphatic rings. The summed E-state index contributed by atoms with van der Waals surface area (Å²) in [5.74, 6) is 0. The van der Waals surface area contributed by atoms with Crippen LogP contribution in [-0.2, 0) is 0 Å². The fraction of sp³-hybridized carbons (Fsp3) is 1.00. The largest absolute Gasteiger partial charge is 0.328 e. The number of hydrogen-bond donors (Lipinski definition) is 1. The van der Waals surface area contributed by atoms with E-state index in [2.05, 4.69) is 39.6 Å². The Hall–Kier alpha value is -0.0800. The lowest BCUT2D eigenvalue weighted by molar-refractivity contribution is 0.220. The molecule has 0 saturated heterocycles. The molecule has 0 aliphatic carbocycles. The van der Waals surface area contributed by atoms with Crippen LogP contribution in [0.15, 0.2) is 0 Å². The van der Waals surface area contributed by atoms with E-state index in [4.69, 9.17) is 5.73 Å². The van der Waals surface area contributed by atoms with Crippen LogP contribution in [0.1, 0.15) is 47.0 Å². The van der Waals surface area contributed by atoms with E-state index in [1.807, 2.05) is 0 Å². The molecule has 1 unspecified atom stereocenters. The lowest BCUT2D eigenvalue weighted by Crippen LogP contribution is -2.33. The maximum absolute atomic E-state index is 5.97. The van der Waals surface area contributed by atoms with Crippen LogP contribution in [0.4, 0.5) is 0 Å². The Morgan fingerprint density at radius 1 is 1.21 bits per heavy atom. The van der Waals surface area contributed by atoms with E-state index < -0.39 is 0 Å². The highest BCUT2D eigenvalue weighted by Gasteiger charge is 2.13. The molecule has 2 N–H and O–H groups in total. The van der Waals surface area contributed by atoms with Gasteiger partial charge in [0.1, 0.15) is 0 Å². The van der Waals surface area contributed by atoms with Gasteiger partial charge in [-0.25, -0.2) is 0 Å². The van der Waals surface area contributed by atoms with Crippen LogP contribution in [0, 0.1) is 5.41 Å². The van der Waals surface area contributed by atoms with E-state index in [1.165, 1.54) is 6.42 Å². The normalized spacial score (nSPS) is 14.8. The first kappa shape index (κ1) is 13.9. The monoisotopic (exact) mass is 200 g/mol. The predicted molar refractivity (Wildman–Crippen MR) is 64.5 cm³/mol. The average molecular weight is 200 g/mol. The third-order valence-electron chi connectivity index (χ3n) is 2.29. The molecule has 2 heteroatoms. The lowest BCUT2D eigenvalue weighted by Gasteiger charge is -2.27. The fourth-order valence-electron chi connectivity index (χ4n) is 1.79. The quantitative estimate of drug-likeness (QED) is 0.714. The summed E-state index contributed by atoms with van der Waals surface area (Å²) in [6, 6.07) is 0.391. The van der Waals surface area contributed by atoms with Crippen molar-refractivity contribution in [2.75, 3.05) is 20.1 Å². The molecular weight excluding hydrogens is 172 g/mol. The van der Waals surface area contributed by atoms with E-state index in [9.17, 15) is 0 Å². The van der Waals surface area contributed by atoms with Crippen molar-refractivity contribution < 1.29 is 0 Å².